The summed E-state index contributed by atoms with van der Waals surface area (Å²) < 4.78 is 36.2. The van der Waals surface area contributed by atoms with E-state index in [1.165, 1.54) is 6.92 Å². The van der Waals surface area contributed by atoms with E-state index in [4.69, 9.17) is 28.4 Å². The molecule has 4 saturated carbocycles. The van der Waals surface area contributed by atoms with Gasteiger partial charge in [-0.3, -0.25) is 0 Å². The first-order valence-corrected chi connectivity index (χ1v) is 23.5. The lowest BCUT2D eigenvalue weighted by atomic mass is 9.33. The van der Waals surface area contributed by atoms with E-state index >= 15 is 0 Å². The maximum atomic E-state index is 12.4. The highest BCUT2D eigenvalue weighted by Gasteiger charge is 2.69. The molecule has 3 aliphatic heterocycles. The highest BCUT2D eigenvalue weighted by Crippen LogP contribution is 2.76. The Morgan fingerprint density at radius 1 is 0.667 bits per heavy atom. The molecule has 0 aromatic heterocycles. The lowest BCUT2D eigenvalue weighted by Crippen LogP contribution is -2.67. The molecule has 63 heavy (non-hydrogen) atoms. The average molecular weight is 897 g/mol. The lowest BCUT2D eigenvalue weighted by Gasteiger charge is -2.71. The number of carboxylic acids is 1. The monoisotopic (exact) mass is 897 g/mol. The van der Waals surface area contributed by atoms with E-state index in [0.29, 0.717) is 18.3 Å². The summed E-state index contributed by atoms with van der Waals surface area (Å²) in [6.07, 6.45) is -12.8. The number of aliphatic hydroxyl groups is 8. The molecule has 9 N–H and O–H groups in total. The summed E-state index contributed by atoms with van der Waals surface area (Å²) in [5, 5.41) is 97.3. The van der Waals surface area contributed by atoms with Crippen LogP contribution in [0.1, 0.15) is 120 Å². The number of ether oxygens (including phenoxy) is 6. The zero-order valence-corrected chi connectivity index (χ0v) is 38.5. The average Bonchev–Trinajstić information content (AvgIpc) is 3.20. The van der Waals surface area contributed by atoms with Crippen LogP contribution in [0.4, 0.5) is 0 Å². The molecule has 0 aromatic carbocycles. The van der Waals surface area contributed by atoms with Crippen LogP contribution in [-0.4, -0.2) is 157 Å². The van der Waals surface area contributed by atoms with Gasteiger partial charge in [0, 0.05) is 5.41 Å². The maximum Gasteiger partial charge on any atom is 0.335 e. The van der Waals surface area contributed by atoms with Gasteiger partial charge in [-0.05, 0) is 110 Å². The van der Waals surface area contributed by atoms with E-state index in [1.54, 1.807) is 5.57 Å². The van der Waals surface area contributed by atoms with Crippen molar-refractivity contribution in [1.29, 1.82) is 0 Å². The Hall–Kier alpha value is -1.35. The molecular formula is C47H76O16. The number of hydrogen-bond donors (Lipinski definition) is 9. The van der Waals surface area contributed by atoms with Crippen LogP contribution in [-0.2, 0) is 33.2 Å². The molecule has 8 aliphatic rings. The number of carbonyl (C=O) groups is 1. The third kappa shape index (κ3) is 7.51. The summed E-state index contributed by atoms with van der Waals surface area (Å²) in [6.45, 7) is 19.7. The number of fused-ring (bicyclic) bond motifs is 7. The molecule has 360 valence electrons. The third-order valence-corrected chi connectivity index (χ3v) is 19.0. The largest absolute Gasteiger partial charge is 0.479 e. The SMILES string of the molecule is C[C@H]1O[C@@H](O[C@H]2[C@@H](O[C@@H]3[C@@H](O[C@H]4CC[C@@]5(C)[C@H](CC[C@]6(C)[C@@H]5CC=C5[C@@H]7CC(C)(C)C[C@H](O)[C@]7(C)CC[C@]56C)C4(C)C)O[C@@H](C(=O)O)[C@H](O)[C@H]3O)OC[C@H](O)[C@@H]2O)[C@H](O)[C@@H](O)[C@@H]1O. The summed E-state index contributed by atoms with van der Waals surface area (Å²) in [6, 6.07) is 0. The molecule has 8 rings (SSSR count). The summed E-state index contributed by atoms with van der Waals surface area (Å²) in [5.74, 6) is -0.622. The van der Waals surface area contributed by atoms with Gasteiger partial charge in [-0.25, -0.2) is 4.79 Å². The van der Waals surface area contributed by atoms with Gasteiger partial charge in [0.25, 0.3) is 0 Å². The van der Waals surface area contributed by atoms with Crippen LogP contribution in [0.3, 0.4) is 0 Å². The van der Waals surface area contributed by atoms with E-state index in [2.05, 4.69) is 61.5 Å². The van der Waals surface area contributed by atoms with Crippen LogP contribution in [0.5, 0.6) is 0 Å². The first kappa shape index (κ1) is 48.1. The Morgan fingerprint density at radius 3 is 2.02 bits per heavy atom. The minimum absolute atomic E-state index is 0.0189. The second-order valence-electron chi connectivity index (χ2n) is 23.3. The molecule has 3 heterocycles. The second kappa shape index (κ2) is 16.4. The van der Waals surface area contributed by atoms with Gasteiger partial charge in [0.1, 0.15) is 54.9 Å². The van der Waals surface area contributed by atoms with Crippen molar-refractivity contribution in [2.45, 2.75) is 218 Å². The highest BCUT2D eigenvalue weighted by molar-refractivity contribution is 5.73. The molecule has 3 saturated heterocycles. The Labute approximate surface area is 371 Å². The normalized spacial score (nSPS) is 55.3. The Bertz CT molecular complexity index is 1740. The van der Waals surface area contributed by atoms with Crippen LogP contribution < -0.4 is 0 Å². The van der Waals surface area contributed by atoms with Gasteiger partial charge < -0.3 is 74.4 Å². The van der Waals surface area contributed by atoms with Crippen LogP contribution in [0.15, 0.2) is 11.6 Å². The molecule has 0 radical (unpaired) electrons. The summed E-state index contributed by atoms with van der Waals surface area (Å²) >= 11 is 0. The molecule has 0 bridgehead atoms. The zero-order chi connectivity index (χ0) is 46.1. The van der Waals surface area contributed by atoms with E-state index in [-0.39, 0.29) is 39.1 Å². The number of aliphatic hydroxyl groups excluding tert-OH is 8. The lowest BCUT2D eigenvalue weighted by molar-refractivity contribution is -0.386. The van der Waals surface area contributed by atoms with Gasteiger partial charge in [-0.2, -0.15) is 0 Å². The van der Waals surface area contributed by atoms with Crippen molar-refractivity contribution >= 4 is 5.97 Å². The van der Waals surface area contributed by atoms with Crippen molar-refractivity contribution in [2.75, 3.05) is 6.61 Å². The standard InChI is InChI=1S/C47H76O16/c1-21-29(50)31(52)34(55)39(59-21)62-36-30(51)24(48)20-58-40(36)63-37-33(54)32(53)35(38(56)57)61-41(37)60-28-13-14-45(7)25(43(28,4)5)12-15-47(9)26(45)11-10-22-23-18-42(2,3)19-27(49)44(23,6)16-17-46(22,47)8/h10,21,23-37,39-41,48-55H,11-20H2,1-9H3,(H,56,57)/t21-,23+,24+,25-,26-,27+,28+,29-,30+,31+,32-,33-,34-,35-,36-,37+,39+,40-,41+,44-,45+,46-,47-/m1/s1. The smallest absolute Gasteiger partial charge is 0.335 e. The zero-order valence-electron chi connectivity index (χ0n) is 38.5. The molecule has 7 fully saturated rings. The fourth-order valence-corrected chi connectivity index (χ4v) is 14.8. The predicted molar refractivity (Wildman–Crippen MR) is 223 cm³/mol. The van der Waals surface area contributed by atoms with Crippen LogP contribution >= 0.6 is 0 Å². The number of aliphatic carboxylic acids is 1. The highest BCUT2D eigenvalue weighted by atomic mass is 16.8. The van der Waals surface area contributed by atoms with Crippen molar-refractivity contribution in [3.8, 4) is 0 Å². The fourth-order valence-electron chi connectivity index (χ4n) is 14.8. The molecule has 5 aliphatic carbocycles. The van der Waals surface area contributed by atoms with Crippen LogP contribution in [0.25, 0.3) is 0 Å². The van der Waals surface area contributed by atoms with Gasteiger partial charge >= 0.3 is 5.97 Å². The molecule has 0 spiro atoms. The van der Waals surface area contributed by atoms with Crippen molar-refractivity contribution in [3.63, 3.8) is 0 Å². The van der Waals surface area contributed by atoms with E-state index in [1.807, 2.05) is 0 Å². The van der Waals surface area contributed by atoms with Crippen LogP contribution in [0, 0.1) is 50.2 Å². The van der Waals surface area contributed by atoms with Gasteiger partial charge in [-0.1, -0.05) is 67.0 Å². The van der Waals surface area contributed by atoms with Gasteiger partial charge in [-0.15, -0.1) is 0 Å². The number of carboxylic acid groups (broad SMARTS) is 1. The summed E-state index contributed by atoms with van der Waals surface area (Å²) in [7, 11) is 0. The van der Waals surface area contributed by atoms with Gasteiger partial charge in [0.2, 0.25) is 0 Å². The number of rotatable bonds is 7. The molecule has 0 amide bonds. The molecule has 0 aromatic rings. The van der Waals surface area contributed by atoms with Crippen molar-refractivity contribution < 1.29 is 79.2 Å². The van der Waals surface area contributed by atoms with Crippen LogP contribution in [0.2, 0.25) is 0 Å². The first-order valence-electron chi connectivity index (χ1n) is 23.5. The molecule has 16 heteroatoms. The fraction of sp³-hybridized carbons (Fsp3) is 0.936. The molecule has 0 unspecified atom stereocenters. The number of hydrogen-bond acceptors (Lipinski definition) is 15. The minimum atomic E-state index is -1.96. The summed E-state index contributed by atoms with van der Waals surface area (Å²) in [5.41, 5.74) is 0.910. The van der Waals surface area contributed by atoms with Crippen molar-refractivity contribution in [2.24, 2.45) is 50.2 Å². The predicted octanol–water partition coefficient (Wildman–Crippen LogP) is 2.37. The topological polar surface area (TPSA) is 255 Å². The second-order valence-corrected chi connectivity index (χ2v) is 23.3. The van der Waals surface area contributed by atoms with Gasteiger partial charge in [0.05, 0.1) is 24.9 Å². The molecular weight excluding hydrogens is 821 g/mol. The van der Waals surface area contributed by atoms with Crippen molar-refractivity contribution in [1.82, 2.24) is 0 Å². The van der Waals surface area contributed by atoms with E-state index in [9.17, 15) is 50.8 Å². The number of allylic oxidation sites excluding steroid dienone is 2. The molecule has 16 nitrogen and oxygen atoms in total. The van der Waals surface area contributed by atoms with Crippen molar-refractivity contribution in [3.05, 3.63) is 11.6 Å². The molecule has 23 atom stereocenters. The maximum absolute atomic E-state index is 12.4. The Balaban J connectivity index is 1.04. The minimum Gasteiger partial charge on any atom is -0.479 e. The summed E-state index contributed by atoms with van der Waals surface area (Å²) in [4.78, 5) is 12.4. The van der Waals surface area contributed by atoms with E-state index in [0.717, 1.165) is 51.4 Å². The Kier molecular flexibility index (Phi) is 12.5. The quantitative estimate of drug-likeness (QED) is 0.131. The Morgan fingerprint density at radius 2 is 1.33 bits per heavy atom. The van der Waals surface area contributed by atoms with Gasteiger partial charge in [0.15, 0.2) is 25.0 Å². The van der Waals surface area contributed by atoms with E-state index < -0.39 is 110 Å². The third-order valence-electron chi connectivity index (χ3n) is 19.0. The first-order chi connectivity index (χ1) is 29.2.